The number of fused-ring (bicyclic) bond motifs is 2. The smallest absolute Gasteiger partial charge is 0.412 e. The Morgan fingerprint density at radius 3 is 2.78 bits per heavy atom. The van der Waals surface area contributed by atoms with Crippen molar-refractivity contribution in [2.75, 3.05) is 17.2 Å². The van der Waals surface area contributed by atoms with Crippen molar-refractivity contribution in [1.82, 2.24) is 15.3 Å². The first-order valence-corrected chi connectivity index (χ1v) is 12.2. The first kappa shape index (κ1) is 25.8. The maximum absolute atomic E-state index is 14.2. The molecule has 4 rings (SSSR count). The van der Waals surface area contributed by atoms with Crippen LogP contribution in [0.5, 0.6) is 0 Å². The minimum Gasteiger partial charge on any atom is -0.444 e. The predicted octanol–water partition coefficient (Wildman–Crippen LogP) is 4.30. The highest BCUT2D eigenvalue weighted by Gasteiger charge is 2.52. The average Bonchev–Trinajstić information content (AvgIpc) is 3.36. The van der Waals surface area contributed by atoms with Crippen molar-refractivity contribution in [2.24, 2.45) is 23.7 Å². The molecular formula is C25H29ClFN5O4. The van der Waals surface area contributed by atoms with E-state index in [2.05, 4.69) is 25.9 Å². The molecule has 0 radical (unpaired) electrons. The van der Waals surface area contributed by atoms with Gasteiger partial charge in [-0.2, -0.15) is 4.98 Å². The summed E-state index contributed by atoms with van der Waals surface area (Å²) in [6, 6.07) is 6.27. The molecule has 2 aromatic rings. The lowest BCUT2D eigenvalue weighted by atomic mass is 9.78. The molecule has 192 valence electrons. The minimum absolute atomic E-state index is 0.0310. The van der Waals surface area contributed by atoms with Crippen molar-refractivity contribution in [3.05, 3.63) is 47.1 Å². The molecule has 2 saturated carbocycles. The summed E-state index contributed by atoms with van der Waals surface area (Å²) >= 11 is 5.81. The number of halogens is 2. The van der Waals surface area contributed by atoms with Crippen molar-refractivity contribution in [3.8, 4) is 0 Å². The molecular weight excluding hydrogens is 489 g/mol. The van der Waals surface area contributed by atoms with Gasteiger partial charge in [0.15, 0.2) is 11.6 Å². The molecule has 5 atom stereocenters. The van der Waals surface area contributed by atoms with Gasteiger partial charge >= 0.3 is 6.09 Å². The molecule has 2 bridgehead atoms. The van der Waals surface area contributed by atoms with Gasteiger partial charge in [0.05, 0.1) is 6.20 Å². The van der Waals surface area contributed by atoms with E-state index in [1.54, 1.807) is 45.0 Å². The van der Waals surface area contributed by atoms with Crippen LogP contribution in [0.3, 0.4) is 0 Å². The Labute approximate surface area is 213 Å². The van der Waals surface area contributed by atoms with Gasteiger partial charge in [0.2, 0.25) is 5.28 Å². The molecule has 9 nitrogen and oxygen atoms in total. The molecule has 2 amide bonds. The van der Waals surface area contributed by atoms with Gasteiger partial charge < -0.3 is 20.2 Å². The van der Waals surface area contributed by atoms with Crippen LogP contribution in [-0.4, -0.2) is 46.4 Å². The Balaban J connectivity index is 1.38. The number of hydrogen-bond donors (Lipinski definition) is 3. The van der Waals surface area contributed by atoms with Crippen LogP contribution in [0.15, 0.2) is 30.5 Å². The molecule has 2 aliphatic carbocycles. The number of aldehydes is 1. The third-order valence-electron chi connectivity index (χ3n) is 6.68. The summed E-state index contributed by atoms with van der Waals surface area (Å²) in [7, 11) is 0. The zero-order valence-corrected chi connectivity index (χ0v) is 21.0. The highest BCUT2D eigenvalue weighted by molar-refractivity contribution is 6.28. The lowest BCUT2D eigenvalue weighted by Gasteiger charge is -2.34. The fourth-order valence-electron chi connectivity index (χ4n) is 5.26. The Morgan fingerprint density at radius 1 is 1.28 bits per heavy atom. The van der Waals surface area contributed by atoms with Gasteiger partial charge in [0.25, 0.3) is 5.91 Å². The second-order valence-electron chi connectivity index (χ2n) is 10.3. The Bertz CT molecular complexity index is 1160. The molecule has 0 spiro atoms. The SMILES string of the molecule is CC(C)(C)OC(=O)Nc1cccc(C(=O)NCC2CC3CC2C(Nc2nc(Cl)ncc2F)C3C=O)c1. The zero-order valence-electron chi connectivity index (χ0n) is 20.3. The minimum atomic E-state index is -0.642. The number of anilines is 2. The van der Waals surface area contributed by atoms with Crippen molar-refractivity contribution in [3.63, 3.8) is 0 Å². The van der Waals surface area contributed by atoms with Crippen LogP contribution in [0.4, 0.5) is 20.7 Å². The number of benzene rings is 1. The van der Waals surface area contributed by atoms with Crippen molar-refractivity contribution < 1.29 is 23.5 Å². The zero-order chi connectivity index (χ0) is 26.0. The summed E-state index contributed by atoms with van der Waals surface area (Å²) in [5.74, 6) is -0.919. The quantitative estimate of drug-likeness (QED) is 0.369. The summed E-state index contributed by atoms with van der Waals surface area (Å²) in [5, 5.41) is 8.57. The molecule has 1 heterocycles. The lowest BCUT2D eigenvalue weighted by Crippen LogP contribution is -2.43. The van der Waals surface area contributed by atoms with E-state index in [0.29, 0.717) is 17.8 Å². The molecule has 2 fully saturated rings. The number of carbonyl (C=O) groups excluding carboxylic acids is 3. The van der Waals surface area contributed by atoms with Gasteiger partial charge in [-0.05, 0) is 81.2 Å². The number of aromatic nitrogens is 2. The van der Waals surface area contributed by atoms with Crippen LogP contribution in [0.1, 0.15) is 44.0 Å². The van der Waals surface area contributed by atoms with Gasteiger partial charge in [-0.3, -0.25) is 10.1 Å². The number of nitrogens with one attached hydrogen (secondary N) is 3. The number of nitrogens with zero attached hydrogens (tertiary/aromatic N) is 2. The molecule has 1 aromatic carbocycles. The second-order valence-corrected chi connectivity index (χ2v) is 10.6. The van der Waals surface area contributed by atoms with E-state index >= 15 is 0 Å². The van der Waals surface area contributed by atoms with Crippen LogP contribution in [0.2, 0.25) is 5.28 Å². The standard InChI is InChI=1S/C25H29ClFN5O4/c1-25(2,3)36-24(35)30-16-6-4-5-13(8-16)22(34)28-10-15-7-14-9-17(15)20(18(14)12-33)31-21-19(27)11-29-23(26)32-21/h4-6,8,11-12,14-15,17-18,20H,7,9-10H2,1-3H3,(H,28,34)(H,30,35)(H,29,31,32). The highest BCUT2D eigenvalue weighted by atomic mass is 35.5. The van der Waals surface area contributed by atoms with Crippen LogP contribution < -0.4 is 16.0 Å². The van der Waals surface area contributed by atoms with E-state index in [1.165, 1.54) is 0 Å². The Kier molecular flexibility index (Phi) is 7.44. The highest BCUT2D eigenvalue weighted by Crippen LogP contribution is 2.52. The molecule has 2 aliphatic rings. The Hall–Kier alpha value is -3.27. The summed E-state index contributed by atoms with van der Waals surface area (Å²) in [6.07, 6.45) is 2.90. The number of ether oxygens (including phenoxy) is 1. The van der Waals surface area contributed by atoms with Crippen LogP contribution in [0, 0.1) is 29.5 Å². The van der Waals surface area contributed by atoms with Crippen molar-refractivity contribution in [2.45, 2.75) is 45.3 Å². The van der Waals surface area contributed by atoms with E-state index in [4.69, 9.17) is 16.3 Å². The summed E-state index contributed by atoms with van der Waals surface area (Å²) in [4.78, 5) is 44.2. The first-order chi connectivity index (χ1) is 17.0. The number of hydrogen-bond acceptors (Lipinski definition) is 7. The van der Waals surface area contributed by atoms with Crippen LogP contribution >= 0.6 is 11.6 Å². The van der Waals surface area contributed by atoms with Gasteiger partial charge in [0.1, 0.15) is 11.9 Å². The number of rotatable bonds is 7. The second kappa shape index (κ2) is 10.4. The Morgan fingerprint density at radius 2 is 2.06 bits per heavy atom. The van der Waals surface area contributed by atoms with E-state index in [0.717, 1.165) is 25.3 Å². The monoisotopic (exact) mass is 517 g/mol. The molecule has 36 heavy (non-hydrogen) atoms. The van der Waals surface area contributed by atoms with Gasteiger partial charge in [-0.15, -0.1) is 0 Å². The largest absolute Gasteiger partial charge is 0.444 e. The summed E-state index contributed by atoms with van der Waals surface area (Å²) in [5.41, 5.74) is 0.200. The van der Waals surface area contributed by atoms with E-state index < -0.39 is 17.5 Å². The summed E-state index contributed by atoms with van der Waals surface area (Å²) in [6.45, 7) is 5.70. The topological polar surface area (TPSA) is 122 Å². The van der Waals surface area contributed by atoms with Crippen LogP contribution in [0.25, 0.3) is 0 Å². The molecule has 11 heteroatoms. The van der Waals surface area contributed by atoms with E-state index in [9.17, 15) is 18.8 Å². The average molecular weight is 518 g/mol. The fraction of sp³-hybridized carbons (Fsp3) is 0.480. The molecule has 3 N–H and O–H groups in total. The maximum Gasteiger partial charge on any atom is 0.412 e. The van der Waals surface area contributed by atoms with Crippen molar-refractivity contribution in [1.29, 1.82) is 0 Å². The lowest BCUT2D eigenvalue weighted by molar-refractivity contribution is -0.112. The van der Waals surface area contributed by atoms with Gasteiger partial charge in [-0.25, -0.2) is 14.2 Å². The molecule has 0 aliphatic heterocycles. The number of carbonyl (C=O) groups is 3. The van der Waals surface area contributed by atoms with Gasteiger partial charge in [-0.1, -0.05) is 6.07 Å². The van der Waals surface area contributed by atoms with Crippen molar-refractivity contribution >= 4 is 41.4 Å². The van der Waals surface area contributed by atoms with E-state index in [-0.39, 0.29) is 46.7 Å². The van der Waals surface area contributed by atoms with E-state index in [1.807, 2.05) is 0 Å². The van der Waals surface area contributed by atoms with Gasteiger partial charge in [0, 0.05) is 29.8 Å². The van der Waals surface area contributed by atoms with Crippen LogP contribution in [-0.2, 0) is 9.53 Å². The normalized spacial score (nSPS) is 24.8. The third kappa shape index (κ3) is 5.92. The number of amides is 2. The maximum atomic E-state index is 14.2. The first-order valence-electron chi connectivity index (χ1n) is 11.8. The molecule has 1 aromatic heterocycles. The third-order valence-corrected chi connectivity index (χ3v) is 6.86. The summed E-state index contributed by atoms with van der Waals surface area (Å²) < 4.78 is 19.5. The molecule has 0 saturated heterocycles. The fourth-order valence-corrected chi connectivity index (χ4v) is 5.39. The molecule has 5 unspecified atom stereocenters. The predicted molar refractivity (Wildman–Crippen MR) is 132 cm³/mol.